The Balaban J connectivity index is 1.44. The number of carbonyl (C=O) groups excluding carboxylic acids is 1. The maximum Gasteiger partial charge on any atom is 0.229 e. The second kappa shape index (κ2) is 6.78. The summed E-state index contributed by atoms with van der Waals surface area (Å²) in [6.45, 7) is 2.02. The number of rotatable bonds is 3. The van der Waals surface area contributed by atoms with Crippen LogP contribution in [0.2, 0.25) is 0 Å². The van der Waals surface area contributed by atoms with Crippen molar-refractivity contribution in [3.05, 3.63) is 41.7 Å². The fourth-order valence-corrected chi connectivity index (χ4v) is 3.82. The highest BCUT2D eigenvalue weighted by molar-refractivity contribution is 5.80. The van der Waals surface area contributed by atoms with Gasteiger partial charge in [0.15, 0.2) is 0 Å². The summed E-state index contributed by atoms with van der Waals surface area (Å²) in [4.78, 5) is 15.0. The summed E-state index contributed by atoms with van der Waals surface area (Å²) in [6, 6.07) is 7.82. The third-order valence-electron chi connectivity index (χ3n) is 5.23. The normalized spacial score (nSPS) is 22.8. The number of H-pyrrole nitrogens is 1. The van der Waals surface area contributed by atoms with Crippen molar-refractivity contribution in [1.82, 2.24) is 15.1 Å². The van der Waals surface area contributed by atoms with E-state index in [4.69, 9.17) is 9.47 Å². The molecular formula is C19H23N3O3. The second-order valence-corrected chi connectivity index (χ2v) is 6.82. The molecular weight excluding hydrogens is 318 g/mol. The smallest absolute Gasteiger partial charge is 0.229 e. The molecule has 0 unspecified atom stereocenters. The predicted octanol–water partition coefficient (Wildman–Crippen LogP) is 2.38. The third-order valence-corrected chi connectivity index (χ3v) is 5.23. The molecule has 132 valence electrons. The van der Waals surface area contributed by atoms with Gasteiger partial charge in [0.2, 0.25) is 5.91 Å². The molecule has 2 aliphatic rings. The first kappa shape index (κ1) is 16.0. The minimum absolute atomic E-state index is 0.110. The van der Waals surface area contributed by atoms with E-state index in [2.05, 4.69) is 10.2 Å². The Labute approximate surface area is 147 Å². The van der Waals surface area contributed by atoms with E-state index in [0.717, 1.165) is 55.1 Å². The van der Waals surface area contributed by atoms with Gasteiger partial charge >= 0.3 is 0 Å². The zero-order valence-corrected chi connectivity index (χ0v) is 14.4. The molecule has 0 aliphatic carbocycles. The molecule has 2 aromatic rings. The zero-order valence-electron chi connectivity index (χ0n) is 14.4. The summed E-state index contributed by atoms with van der Waals surface area (Å²) >= 11 is 0. The number of ether oxygens (including phenoxy) is 2. The van der Waals surface area contributed by atoms with Gasteiger partial charge in [-0.15, -0.1) is 0 Å². The van der Waals surface area contributed by atoms with E-state index >= 15 is 0 Å². The molecule has 0 saturated carbocycles. The summed E-state index contributed by atoms with van der Waals surface area (Å²) in [5.41, 5.74) is 2.20. The molecule has 1 fully saturated rings. The van der Waals surface area contributed by atoms with Crippen LogP contribution in [0.5, 0.6) is 11.5 Å². The molecule has 1 saturated heterocycles. The Morgan fingerprint density at radius 1 is 1.40 bits per heavy atom. The van der Waals surface area contributed by atoms with Crippen molar-refractivity contribution < 1.29 is 14.3 Å². The number of nitrogens with one attached hydrogen (secondary N) is 1. The van der Waals surface area contributed by atoms with E-state index in [1.165, 1.54) is 0 Å². The van der Waals surface area contributed by atoms with Crippen LogP contribution in [0.25, 0.3) is 0 Å². The first-order valence-electron chi connectivity index (χ1n) is 8.82. The molecule has 1 N–H and O–H groups in total. The van der Waals surface area contributed by atoms with Gasteiger partial charge < -0.3 is 14.4 Å². The third kappa shape index (κ3) is 3.21. The summed E-state index contributed by atoms with van der Waals surface area (Å²) in [5.74, 6) is 2.05. The number of hydrogen-bond acceptors (Lipinski definition) is 4. The van der Waals surface area contributed by atoms with Crippen LogP contribution >= 0.6 is 0 Å². The monoisotopic (exact) mass is 341 g/mol. The highest BCUT2D eigenvalue weighted by atomic mass is 16.5. The fourth-order valence-electron chi connectivity index (χ4n) is 3.82. The maximum absolute atomic E-state index is 13.0. The van der Waals surface area contributed by atoms with Gasteiger partial charge in [-0.3, -0.25) is 9.89 Å². The van der Waals surface area contributed by atoms with Crippen molar-refractivity contribution in [2.75, 3.05) is 26.8 Å². The fraction of sp³-hybridized carbons (Fsp3) is 0.474. The zero-order chi connectivity index (χ0) is 17.2. The molecule has 6 nitrogen and oxygen atoms in total. The lowest BCUT2D eigenvalue weighted by molar-refractivity contribution is -0.138. The molecule has 4 rings (SSSR count). The number of amides is 1. The average Bonchev–Trinajstić information content (AvgIpc) is 3.21. The van der Waals surface area contributed by atoms with Gasteiger partial charge in [-0.1, -0.05) is 6.07 Å². The number of hydrogen-bond donors (Lipinski definition) is 1. The van der Waals surface area contributed by atoms with Gasteiger partial charge in [0.25, 0.3) is 0 Å². The number of carbonyl (C=O) groups is 1. The summed E-state index contributed by atoms with van der Waals surface area (Å²) in [5, 5.41) is 7.08. The van der Waals surface area contributed by atoms with Gasteiger partial charge in [-0.05, 0) is 37.0 Å². The van der Waals surface area contributed by atoms with Crippen molar-refractivity contribution in [1.29, 1.82) is 0 Å². The summed E-state index contributed by atoms with van der Waals surface area (Å²) in [6.07, 6.45) is 4.62. The largest absolute Gasteiger partial charge is 0.497 e. The number of likely N-dealkylation sites (tertiary alicyclic amines) is 1. The SMILES string of the molecule is COc1ccc2c(c1)OC[C@@H](C(=O)N1CCC[C@@H](c3ccn[nH]3)C1)C2. The molecule has 25 heavy (non-hydrogen) atoms. The van der Waals surface area contributed by atoms with Crippen LogP contribution < -0.4 is 9.47 Å². The predicted molar refractivity (Wildman–Crippen MR) is 92.8 cm³/mol. The van der Waals surface area contributed by atoms with Gasteiger partial charge in [0.05, 0.1) is 13.0 Å². The van der Waals surface area contributed by atoms with Crippen molar-refractivity contribution in [3.63, 3.8) is 0 Å². The Morgan fingerprint density at radius 3 is 3.12 bits per heavy atom. The van der Waals surface area contributed by atoms with Crippen LogP contribution in [-0.4, -0.2) is 47.8 Å². The van der Waals surface area contributed by atoms with E-state index in [-0.39, 0.29) is 11.8 Å². The number of piperidine rings is 1. The van der Waals surface area contributed by atoms with Gasteiger partial charge in [-0.25, -0.2) is 0 Å². The van der Waals surface area contributed by atoms with Crippen LogP contribution in [0.4, 0.5) is 0 Å². The molecule has 2 aliphatic heterocycles. The Bertz CT molecular complexity index is 744. The van der Waals surface area contributed by atoms with Gasteiger partial charge in [-0.2, -0.15) is 5.10 Å². The molecule has 0 spiro atoms. The van der Waals surface area contributed by atoms with Crippen LogP contribution in [0.15, 0.2) is 30.5 Å². The number of aromatic amines is 1. The molecule has 3 heterocycles. The lowest BCUT2D eigenvalue weighted by Gasteiger charge is -2.35. The number of fused-ring (bicyclic) bond motifs is 1. The van der Waals surface area contributed by atoms with E-state index in [0.29, 0.717) is 12.5 Å². The molecule has 0 bridgehead atoms. The molecule has 1 aromatic heterocycles. The van der Waals surface area contributed by atoms with Crippen LogP contribution in [0, 0.1) is 5.92 Å². The molecule has 6 heteroatoms. The molecule has 1 amide bonds. The van der Waals surface area contributed by atoms with E-state index in [1.54, 1.807) is 13.3 Å². The Kier molecular flexibility index (Phi) is 4.34. The minimum atomic E-state index is -0.110. The first-order chi connectivity index (χ1) is 12.2. The van der Waals surface area contributed by atoms with E-state index < -0.39 is 0 Å². The molecule has 2 atom stereocenters. The lowest BCUT2D eigenvalue weighted by Crippen LogP contribution is -2.45. The van der Waals surface area contributed by atoms with Crippen molar-refractivity contribution >= 4 is 5.91 Å². The van der Waals surface area contributed by atoms with Crippen molar-refractivity contribution in [2.45, 2.75) is 25.2 Å². The van der Waals surface area contributed by atoms with E-state index in [9.17, 15) is 4.79 Å². The quantitative estimate of drug-likeness (QED) is 0.931. The topological polar surface area (TPSA) is 67.5 Å². The van der Waals surface area contributed by atoms with E-state index in [1.807, 2.05) is 29.2 Å². The summed E-state index contributed by atoms with van der Waals surface area (Å²) in [7, 11) is 1.64. The highest BCUT2D eigenvalue weighted by Gasteiger charge is 2.33. The first-order valence-corrected chi connectivity index (χ1v) is 8.82. The van der Waals surface area contributed by atoms with Crippen molar-refractivity contribution in [3.8, 4) is 11.5 Å². The summed E-state index contributed by atoms with van der Waals surface area (Å²) < 4.78 is 11.1. The van der Waals surface area contributed by atoms with Gasteiger partial charge in [0, 0.05) is 37.0 Å². The van der Waals surface area contributed by atoms with Crippen LogP contribution in [-0.2, 0) is 11.2 Å². The average molecular weight is 341 g/mol. The number of benzene rings is 1. The van der Waals surface area contributed by atoms with Crippen LogP contribution in [0.1, 0.15) is 30.0 Å². The van der Waals surface area contributed by atoms with Crippen LogP contribution in [0.3, 0.4) is 0 Å². The molecule has 1 aromatic carbocycles. The number of methoxy groups -OCH3 is 1. The standard InChI is InChI=1S/C19H23N3O3/c1-24-16-5-4-13-9-15(12-25-18(13)10-16)19(23)22-8-2-3-14(11-22)17-6-7-20-21-17/h4-7,10,14-15H,2-3,8-9,11-12H2,1H3,(H,20,21)/t14-,15+/m1/s1. The second-order valence-electron chi connectivity index (χ2n) is 6.82. The van der Waals surface area contributed by atoms with Crippen molar-refractivity contribution in [2.24, 2.45) is 5.92 Å². The van der Waals surface area contributed by atoms with Gasteiger partial charge in [0.1, 0.15) is 18.1 Å². The Hall–Kier alpha value is -2.50. The number of aromatic nitrogens is 2. The Morgan fingerprint density at radius 2 is 2.32 bits per heavy atom. The molecule has 0 radical (unpaired) electrons. The highest BCUT2D eigenvalue weighted by Crippen LogP contribution is 2.33. The lowest BCUT2D eigenvalue weighted by atomic mass is 9.91. The minimum Gasteiger partial charge on any atom is -0.497 e. The number of nitrogens with zero attached hydrogens (tertiary/aromatic N) is 2. The maximum atomic E-state index is 13.0.